The Bertz CT molecular complexity index is 1950. The fraction of sp³-hybridized carbons (Fsp3) is 0.111. The van der Waals surface area contributed by atoms with Gasteiger partial charge in [-0.05, 0) is 63.4 Å². The van der Waals surface area contributed by atoms with E-state index in [1.165, 1.54) is 6.07 Å². The summed E-state index contributed by atoms with van der Waals surface area (Å²) < 4.78 is 41.8. The van der Waals surface area contributed by atoms with Gasteiger partial charge in [-0.2, -0.15) is 13.2 Å². The molecule has 4 nitrogen and oxygen atoms in total. The number of para-hydroxylation sites is 1. The van der Waals surface area contributed by atoms with Crippen molar-refractivity contribution in [1.82, 2.24) is 4.98 Å². The lowest BCUT2D eigenvalue weighted by molar-refractivity contribution is -0.137. The molecule has 0 aliphatic rings. The minimum atomic E-state index is -4.53. The Morgan fingerprint density at radius 2 is 1.44 bits per heavy atom. The van der Waals surface area contributed by atoms with Gasteiger partial charge in [0.25, 0.3) is 0 Å². The molecule has 1 heterocycles. The van der Waals surface area contributed by atoms with E-state index >= 15 is 0 Å². The highest BCUT2D eigenvalue weighted by molar-refractivity contribution is 5.99. The minimum Gasteiger partial charge on any atom is -0.481 e. The molecular formula is C36H27F3N2O2. The number of aromatic nitrogens is 1. The van der Waals surface area contributed by atoms with Gasteiger partial charge >= 0.3 is 12.1 Å². The predicted molar refractivity (Wildman–Crippen MR) is 164 cm³/mol. The maximum Gasteiger partial charge on any atom is 0.418 e. The standard InChI is InChI=1S/C36H27F3N2O2/c37-36(38,39)31-16-6-15-30-34(27(22-41-35(30)31)18-23-8-2-1-3-9-23)26-12-4-10-24(19-26)21-40-32-17-7-13-28-25(20-33(42)43)11-5-14-29(28)32/h1-17,19,22,40H,18,20-21H2,(H,42,43). The number of aliphatic carboxylic acids is 1. The van der Waals surface area contributed by atoms with Crippen LogP contribution in [0.4, 0.5) is 18.9 Å². The third-order valence-corrected chi connectivity index (χ3v) is 7.57. The summed E-state index contributed by atoms with van der Waals surface area (Å²) in [6.45, 7) is 0.459. The second-order valence-corrected chi connectivity index (χ2v) is 10.5. The van der Waals surface area contributed by atoms with E-state index in [1.807, 2.05) is 91.0 Å². The van der Waals surface area contributed by atoms with Gasteiger partial charge in [0, 0.05) is 29.2 Å². The van der Waals surface area contributed by atoms with Crippen LogP contribution in [0.2, 0.25) is 0 Å². The molecule has 0 spiro atoms. The number of rotatable bonds is 8. The second kappa shape index (κ2) is 11.6. The van der Waals surface area contributed by atoms with Crippen LogP contribution in [0.15, 0.2) is 115 Å². The molecule has 0 unspecified atom stereocenters. The van der Waals surface area contributed by atoms with Gasteiger partial charge in [-0.1, -0.05) is 91.0 Å². The second-order valence-electron chi connectivity index (χ2n) is 10.5. The maximum absolute atomic E-state index is 13.9. The molecule has 0 fully saturated rings. The Morgan fingerprint density at radius 1 is 0.744 bits per heavy atom. The van der Waals surface area contributed by atoms with E-state index in [4.69, 9.17) is 0 Å². The van der Waals surface area contributed by atoms with Gasteiger partial charge in [-0.25, -0.2) is 0 Å². The number of alkyl halides is 3. The molecule has 0 saturated heterocycles. The smallest absolute Gasteiger partial charge is 0.418 e. The molecule has 0 amide bonds. The first-order chi connectivity index (χ1) is 20.8. The number of anilines is 1. The molecule has 0 aliphatic carbocycles. The predicted octanol–water partition coefficient (Wildman–Crippen LogP) is 8.90. The van der Waals surface area contributed by atoms with Crippen LogP contribution in [0, 0.1) is 0 Å². The molecule has 7 heteroatoms. The first-order valence-electron chi connectivity index (χ1n) is 13.9. The van der Waals surface area contributed by atoms with Gasteiger partial charge in [0.15, 0.2) is 0 Å². The summed E-state index contributed by atoms with van der Waals surface area (Å²) in [4.78, 5) is 15.7. The van der Waals surface area contributed by atoms with E-state index in [-0.39, 0.29) is 11.9 Å². The summed E-state index contributed by atoms with van der Waals surface area (Å²) >= 11 is 0. The Kier molecular flexibility index (Phi) is 7.55. The molecule has 0 bridgehead atoms. The lowest BCUT2D eigenvalue weighted by Gasteiger charge is -2.17. The van der Waals surface area contributed by atoms with Gasteiger partial charge in [0.1, 0.15) is 0 Å². The number of hydrogen-bond acceptors (Lipinski definition) is 3. The van der Waals surface area contributed by atoms with E-state index in [9.17, 15) is 23.1 Å². The number of nitrogens with zero attached hydrogens (tertiary/aromatic N) is 1. The topological polar surface area (TPSA) is 62.2 Å². The van der Waals surface area contributed by atoms with Crippen molar-refractivity contribution in [2.75, 3.05) is 5.32 Å². The van der Waals surface area contributed by atoms with E-state index in [1.54, 1.807) is 12.3 Å². The molecule has 1 aromatic heterocycles. The monoisotopic (exact) mass is 576 g/mol. The maximum atomic E-state index is 13.9. The molecule has 5 aromatic carbocycles. The van der Waals surface area contributed by atoms with Crippen molar-refractivity contribution in [3.63, 3.8) is 0 Å². The van der Waals surface area contributed by atoms with Crippen LogP contribution in [-0.2, 0) is 30.4 Å². The van der Waals surface area contributed by atoms with Crippen molar-refractivity contribution in [2.45, 2.75) is 25.6 Å². The summed E-state index contributed by atoms with van der Waals surface area (Å²) in [5, 5.41) is 15.0. The Balaban J connectivity index is 1.40. The summed E-state index contributed by atoms with van der Waals surface area (Å²) in [5.41, 5.74) is 5.12. The molecular weight excluding hydrogens is 549 g/mol. The van der Waals surface area contributed by atoms with Crippen LogP contribution in [0.1, 0.15) is 27.8 Å². The zero-order valence-corrected chi connectivity index (χ0v) is 23.0. The van der Waals surface area contributed by atoms with Gasteiger partial charge in [-0.15, -0.1) is 0 Å². The molecule has 0 saturated carbocycles. The first kappa shape index (κ1) is 28.0. The van der Waals surface area contributed by atoms with Gasteiger partial charge < -0.3 is 10.4 Å². The Hall–Kier alpha value is -5.17. The average Bonchev–Trinajstić information content (AvgIpc) is 2.99. The van der Waals surface area contributed by atoms with Gasteiger partial charge in [0.2, 0.25) is 0 Å². The molecule has 0 radical (unpaired) electrons. The summed E-state index contributed by atoms with van der Waals surface area (Å²) in [5.74, 6) is -0.889. The molecule has 2 N–H and O–H groups in total. The van der Waals surface area contributed by atoms with Crippen molar-refractivity contribution in [1.29, 1.82) is 0 Å². The Morgan fingerprint density at radius 3 is 2.23 bits per heavy atom. The van der Waals surface area contributed by atoms with Gasteiger partial charge in [0.05, 0.1) is 17.5 Å². The summed E-state index contributed by atoms with van der Waals surface area (Å²) in [6, 6.07) is 33.2. The number of carboxylic acids is 1. The van der Waals surface area contributed by atoms with E-state index < -0.39 is 17.7 Å². The van der Waals surface area contributed by atoms with Crippen LogP contribution < -0.4 is 5.32 Å². The van der Waals surface area contributed by atoms with E-state index in [0.29, 0.717) is 18.4 Å². The van der Waals surface area contributed by atoms with Crippen LogP contribution in [0.3, 0.4) is 0 Å². The van der Waals surface area contributed by atoms with Crippen molar-refractivity contribution in [3.05, 3.63) is 143 Å². The highest BCUT2D eigenvalue weighted by atomic mass is 19.4. The zero-order chi connectivity index (χ0) is 30.0. The number of pyridine rings is 1. The number of hydrogen-bond donors (Lipinski definition) is 2. The molecule has 0 aliphatic heterocycles. The van der Waals surface area contributed by atoms with Crippen LogP contribution in [0.25, 0.3) is 32.8 Å². The lowest BCUT2D eigenvalue weighted by atomic mass is 9.91. The van der Waals surface area contributed by atoms with Crippen LogP contribution in [-0.4, -0.2) is 16.1 Å². The van der Waals surface area contributed by atoms with Crippen molar-refractivity contribution in [2.24, 2.45) is 0 Å². The van der Waals surface area contributed by atoms with Crippen LogP contribution in [0.5, 0.6) is 0 Å². The SMILES string of the molecule is O=C(O)Cc1cccc2c(NCc3cccc(-c4c(Cc5ccccc5)cnc5c(C(F)(F)F)cccc45)c3)cccc12. The van der Waals surface area contributed by atoms with Crippen LogP contribution >= 0.6 is 0 Å². The molecule has 0 atom stereocenters. The number of halogens is 3. The summed E-state index contributed by atoms with van der Waals surface area (Å²) in [6.07, 6.45) is -2.51. The number of carbonyl (C=O) groups is 1. The lowest BCUT2D eigenvalue weighted by Crippen LogP contribution is -2.07. The third kappa shape index (κ3) is 5.93. The third-order valence-electron chi connectivity index (χ3n) is 7.57. The number of nitrogens with one attached hydrogen (secondary N) is 1. The summed E-state index contributed by atoms with van der Waals surface area (Å²) in [7, 11) is 0. The molecule has 214 valence electrons. The number of fused-ring (bicyclic) bond motifs is 2. The molecule has 6 aromatic rings. The largest absolute Gasteiger partial charge is 0.481 e. The normalized spacial score (nSPS) is 11.6. The average molecular weight is 577 g/mol. The fourth-order valence-corrected chi connectivity index (χ4v) is 5.66. The van der Waals surface area contributed by atoms with E-state index in [2.05, 4.69) is 10.3 Å². The quantitative estimate of drug-likeness (QED) is 0.190. The highest BCUT2D eigenvalue weighted by Gasteiger charge is 2.33. The molecule has 43 heavy (non-hydrogen) atoms. The van der Waals surface area contributed by atoms with Gasteiger partial charge in [-0.3, -0.25) is 9.78 Å². The Labute approximate surface area is 246 Å². The minimum absolute atomic E-state index is 0.0654. The van der Waals surface area contributed by atoms with Crippen molar-refractivity contribution >= 4 is 33.3 Å². The number of benzene rings is 5. The highest BCUT2D eigenvalue weighted by Crippen LogP contribution is 2.39. The fourth-order valence-electron chi connectivity index (χ4n) is 5.66. The number of carboxylic acid groups (broad SMARTS) is 1. The van der Waals surface area contributed by atoms with Crippen molar-refractivity contribution < 1.29 is 23.1 Å². The molecule has 6 rings (SSSR count). The first-order valence-corrected chi connectivity index (χ1v) is 13.9. The zero-order valence-electron chi connectivity index (χ0n) is 23.0. The van der Waals surface area contributed by atoms with E-state index in [0.717, 1.165) is 55.9 Å². The van der Waals surface area contributed by atoms with Crippen molar-refractivity contribution in [3.8, 4) is 11.1 Å².